The van der Waals surface area contributed by atoms with E-state index in [4.69, 9.17) is 15.2 Å². The molecule has 1 saturated carbocycles. The molecule has 4 heteroatoms. The molecule has 1 aliphatic heterocycles. The van der Waals surface area contributed by atoms with Crippen molar-refractivity contribution >= 4 is 15.9 Å². The second kappa shape index (κ2) is 5.08. The van der Waals surface area contributed by atoms with Gasteiger partial charge in [-0.15, -0.1) is 0 Å². The van der Waals surface area contributed by atoms with Crippen LogP contribution in [0, 0.1) is 0 Å². The van der Waals surface area contributed by atoms with Crippen LogP contribution in [0.2, 0.25) is 0 Å². The highest BCUT2D eigenvalue weighted by molar-refractivity contribution is 9.10. The second-order valence-electron chi connectivity index (χ2n) is 5.63. The minimum absolute atomic E-state index is 0.0250. The summed E-state index contributed by atoms with van der Waals surface area (Å²) in [5, 5.41) is 0. The summed E-state index contributed by atoms with van der Waals surface area (Å²) in [5.74, 6) is 0.922. The molecular formula is C15H20BrNO2. The quantitative estimate of drug-likeness (QED) is 0.858. The van der Waals surface area contributed by atoms with Gasteiger partial charge in [0.25, 0.3) is 0 Å². The van der Waals surface area contributed by atoms with E-state index in [1.807, 2.05) is 12.1 Å². The van der Waals surface area contributed by atoms with Crippen LogP contribution < -0.4 is 10.5 Å². The Kier molecular flexibility index (Phi) is 3.58. The molecule has 0 radical (unpaired) electrons. The Bertz CT molecular complexity index is 479. The van der Waals surface area contributed by atoms with E-state index >= 15 is 0 Å². The van der Waals surface area contributed by atoms with Gasteiger partial charge < -0.3 is 15.2 Å². The number of rotatable bonds is 1. The average molecular weight is 326 g/mol. The summed E-state index contributed by atoms with van der Waals surface area (Å²) >= 11 is 3.50. The first-order valence-corrected chi connectivity index (χ1v) is 7.71. The van der Waals surface area contributed by atoms with Gasteiger partial charge in [-0.1, -0.05) is 22.4 Å². The van der Waals surface area contributed by atoms with E-state index in [0.717, 1.165) is 35.0 Å². The minimum atomic E-state index is -0.229. The van der Waals surface area contributed by atoms with Crippen LogP contribution in [-0.4, -0.2) is 18.8 Å². The summed E-state index contributed by atoms with van der Waals surface area (Å²) < 4.78 is 13.1. The number of fused-ring (bicyclic) bond motifs is 1. The molecule has 0 bridgehead atoms. The smallest absolute Gasteiger partial charge is 0.137 e. The van der Waals surface area contributed by atoms with Gasteiger partial charge in [0, 0.05) is 29.6 Å². The van der Waals surface area contributed by atoms with E-state index < -0.39 is 0 Å². The molecule has 104 valence electrons. The maximum absolute atomic E-state index is 6.38. The van der Waals surface area contributed by atoms with E-state index in [2.05, 4.69) is 22.0 Å². The lowest BCUT2D eigenvalue weighted by Crippen LogP contribution is -2.54. The van der Waals surface area contributed by atoms with Crippen molar-refractivity contribution < 1.29 is 9.47 Å². The number of halogens is 1. The predicted octanol–water partition coefficient (Wildman–Crippen LogP) is 3.56. The molecule has 0 saturated heterocycles. The van der Waals surface area contributed by atoms with Crippen LogP contribution in [0.4, 0.5) is 0 Å². The molecule has 1 aromatic rings. The predicted molar refractivity (Wildman–Crippen MR) is 78.3 cm³/mol. The molecule has 2 aliphatic rings. The van der Waals surface area contributed by atoms with Gasteiger partial charge >= 0.3 is 0 Å². The van der Waals surface area contributed by atoms with Gasteiger partial charge in [0.1, 0.15) is 11.4 Å². The van der Waals surface area contributed by atoms with Crippen LogP contribution in [0.1, 0.15) is 43.7 Å². The van der Waals surface area contributed by atoms with E-state index in [0.29, 0.717) is 0 Å². The molecule has 3 nitrogen and oxygen atoms in total. The molecule has 1 aliphatic carbocycles. The number of ether oxygens (including phenoxy) is 2. The number of hydrogen-bond donors (Lipinski definition) is 1. The molecule has 1 spiro atoms. The molecule has 3 rings (SSSR count). The van der Waals surface area contributed by atoms with Crippen LogP contribution in [0.25, 0.3) is 0 Å². The van der Waals surface area contributed by atoms with Gasteiger partial charge in [0.05, 0.1) is 6.10 Å². The van der Waals surface area contributed by atoms with Gasteiger partial charge in [-0.25, -0.2) is 0 Å². The van der Waals surface area contributed by atoms with E-state index in [-0.39, 0.29) is 17.7 Å². The highest BCUT2D eigenvalue weighted by atomic mass is 79.9. The van der Waals surface area contributed by atoms with Crippen molar-refractivity contribution in [3.05, 3.63) is 28.2 Å². The number of hydrogen-bond acceptors (Lipinski definition) is 3. The van der Waals surface area contributed by atoms with E-state index in [9.17, 15) is 0 Å². The Hall–Kier alpha value is -0.580. The number of nitrogens with two attached hydrogens (primary N) is 1. The first kappa shape index (κ1) is 13.4. The Labute approximate surface area is 122 Å². The summed E-state index contributed by atoms with van der Waals surface area (Å²) in [7, 11) is 1.78. The fourth-order valence-electron chi connectivity index (χ4n) is 3.51. The van der Waals surface area contributed by atoms with Crippen molar-refractivity contribution in [2.75, 3.05) is 7.11 Å². The lowest BCUT2D eigenvalue weighted by atomic mass is 9.75. The summed E-state index contributed by atoms with van der Waals surface area (Å²) in [5.41, 5.74) is 7.25. The topological polar surface area (TPSA) is 44.5 Å². The number of methoxy groups -OCH3 is 1. The highest BCUT2D eigenvalue weighted by Crippen LogP contribution is 2.46. The van der Waals surface area contributed by atoms with Crippen molar-refractivity contribution in [2.24, 2.45) is 5.73 Å². The van der Waals surface area contributed by atoms with Gasteiger partial charge in [-0.3, -0.25) is 0 Å². The third kappa shape index (κ3) is 2.30. The molecule has 0 aromatic heterocycles. The van der Waals surface area contributed by atoms with Crippen LogP contribution in [0.5, 0.6) is 5.75 Å². The van der Waals surface area contributed by atoms with E-state index in [1.54, 1.807) is 7.11 Å². The normalized spacial score (nSPS) is 33.8. The lowest BCUT2D eigenvalue weighted by molar-refractivity contribution is -0.114. The standard InChI is InChI=1S/C15H20BrNO2/c1-18-14-4-2-3-7-15(14)9-12(17)11-8-10(16)5-6-13(11)19-15/h5-6,8,12,14H,2-4,7,9,17H2,1H3/t12-,14?,15?/m0/s1. The zero-order valence-corrected chi connectivity index (χ0v) is 12.8. The third-order valence-corrected chi connectivity index (χ3v) is 4.93. The summed E-state index contributed by atoms with van der Waals surface area (Å²) in [6, 6.07) is 6.12. The first-order valence-electron chi connectivity index (χ1n) is 6.91. The minimum Gasteiger partial charge on any atom is -0.484 e. The lowest BCUT2D eigenvalue weighted by Gasteiger charge is -2.47. The monoisotopic (exact) mass is 325 g/mol. The summed E-state index contributed by atoms with van der Waals surface area (Å²) in [4.78, 5) is 0. The Morgan fingerprint density at radius 3 is 3.05 bits per heavy atom. The largest absolute Gasteiger partial charge is 0.484 e. The molecule has 1 aromatic carbocycles. The zero-order valence-electron chi connectivity index (χ0n) is 11.2. The first-order chi connectivity index (χ1) is 9.14. The van der Waals surface area contributed by atoms with Crippen molar-refractivity contribution in [3.8, 4) is 5.75 Å². The number of benzene rings is 1. The van der Waals surface area contributed by atoms with Crippen molar-refractivity contribution in [3.63, 3.8) is 0 Å². The molecule has 0 amide bonds. The summed E-state index contributed by atoms with van der Waals surface area (Å²) in [6.07, 6.45) is 5.51. The maximum atomic E-state index is 6.38. The Morgan fingerprint density at radius 1 is 1.42 bits per heavy atom. The third-order valence-electron chi connectivity index (χ3n) is 4.44. The second-order valence-corrected chi connectivity index (χ2v) is 6.55. The fraction of sp³-hybridized carbons (Fsp3) is 0.600. The Morgan fingerprint density at radius 2 is 2.26 bits per heavy atom. The van der Waals surface area contributed by atoms with Gasteiger partial charge in [0.15, 0.2) is 0 Å². The molecular weight excluding hydrogens is 306 g/mol. The zero-order chi connectivity index (χ0) is 13.5. The van der Waals surface area contributed by atoms with Crippen molar-refractivity contribution in [1.29, 1.82) is 0 Å². The Balaban J connectivity index is 1.97. The van der Waals surface area contributed by atoms with Gasteiger partial charge in [0.2, 0.25) is 0 Å². The summed E-state index contributed by atoms with van der Waals surface area (Å²) in [6.45, 7) is 0. The molecule has 1 fully saturated rings. The van der Waals surface area contributed by atoms with Crippen LogP contribution in [0.3, 0.4) is 0 Å². The molecule has 1 heterocycles. The molecule has 2 unspecified atom stereocenters. The molecule has 19 heavy (non-hydrogen) atoms. The van der Waals surface area contributed by atoms with Crippen LogP contribution in [-0.2, 0) is 4.74 Å². The van der Waals surface area contributed by atoms with Gasteiger partial charge in [-0.2, -0.15) is 0 Å². The van der Waals surface area contributed by atoms with Gasteiger partial charge in [-0.05, 0) is 37.5 Å². The SMILES string of the molecule is COC1CCCCC12C[C@H](N)c1cc(Br)ccc1O2. The average Bonchev–Trinajstić information content (AvgIpc) is 2.40. The molecule has 2 N–H and O–H groups in total. The fourth-order valence-corrected chi connectivity index (χ4v) is 3.88. The van der Waals surface area contributed by atoms with Crippen molar-refractivity contribution in [1.82, 2.24) is 0 Å². The van der Waals surface area contributed by atoms with Crippen molar-refractivity contribution in [2.45, 2.75) is 49.9 Å². The van der Waals surface area contributed by atoms with Crippen LogP contribution in [0.15, 0.2) is 22.7 Å². The highest BCUT2D eigenvalue weighted by Gasteiger charge is 2.47. The van der Waals surface area contributed by atoms with Crippen LogP contribution >= 0.6 is 15.9 Å². The van der Waals surface area contributed by atoms with E-state index in [1.165, 1.54) is 12.8 Å². The molecule has 3 atom stereocenters. The maximum Gasteiger partial charge on any atom is 0.137 e.